The van der Waals surface area contributed by atoms with Gasteiger partial charge in [0, 0.05) is 0 Å². The first kappa shape index (κ1) is 63.5. The molecule has 0 aliphatic carbocycles. The molecule has 0 amide bonds. The number of benzene rings is 12. The van der Waals surface area contributed by atoms with Gasteiger partial charge in [0.15, 0.2) is 0 Å². The summed E-state index contributed by atoms with van der Waals surface area (Å²) >= 11 is 0. The van der Waals surface area contributed by atoms with E-state index >= 15 is 9.59 Å². The Balaban J connectivity index is 1.14. The fourth-order valence-electron chi connectivity index (χ4n) is 17.3. The minimum Gasteiger partial charge on any atom is -0.457 e. The molecule has 0 saturated heterocycles. The molecule has 0 radical (unpaired) electrons. The van der Waals surface area contributed by atoms with Crippen LogP contribution < -0.4 is 32.8 Å². The van der Waals surface area contributed by atoms with Gasteiger partial charge in [0.05, 0.1) is 11.1 Å². The first-order valence-electron chi connectivity index (χ1n) is 35.5. The normalized spacial score (nSPS) is 13.7. The van der Waals surface area contributed by atoms with Gasteiger partial charge in [-0.05, 0) is 212 Å². The van der Waals surface area contributed by atoms with Crippen LogP contribution in [-0.4, -0.2) is 25.4 Å². The standard InChI is InChI=1S/C92H88B2O4/c1-87(2,3)55-41-69(89(7,8)9)77(70(42-55)90(10,11)12)59-45-61-67-39-53(85(95)97-49-51-29-21-19-22-30-51)37-65-57-33-26-28-36-74(57)94(83(65)67)76-48-64-60(78-71(91(13,14)15)43-56(88(4,5)6)44-72(78)92(16,17)18)46-62-68-40-54(86(96)98-50-52-31-23-20-24-32-52)38-66-58-34-25-27-35-73(58)93(84(66)68)75-47-63(59)81(79(61)76)82(64)80(62)75/h19-48H,49-50H2,1-18H3. The molecule has 486 valence electrons. The zero-order valence-corrected chi connectivity index (χ0v) is 60.5. The SMILES string of the molecule is CC(C)(C)c1cc(C(C)(C)C)c(-c2cc3c4c(cc5c(-c6c(C(C)(C)C)cc(C(C)(C)C)cc6C(C)(C)C)cc6c7c(cc2c4c57)B2c4ccccc4-c4cc(C(=O)OCc5ccccc5)cc-6c42)B2c4ccccc4-c4cc(C(=O)OCc5ccccc5)cc-3c42)c(C(C)(C)C)c1. The highest BCUT2D eigenvalue weighted by molar-refractivity contribution is 7.03. The lowest BCUT2D eigenvalue weighted by Crippen LogP contribution is -2.53. The molecule has 98 heavy (non-hydrogen) atoms. The lowest BCUT2D eigenvalue weighted by molar-refractivity contribution is 0.0464. The Bertz CT molecular complexity index is 5000. The molecule has 4 heterocycles. The minimum atomic E-state index is -0.346. The van der Waals surface area contributed by atoms with E-state index in [2.05, 4.69) is 246 Å². The summed E-state index contributed by atoms with van der Waals surface area (Å²) < 4.78 is 12.7. The van der Waals surface area contributed by atoms with Crippen LogP contribution in [0.25, 0.3) is 99.1 Å². The second kappa shape index (κ2) is 21.6. The topological polar surface area (TPSA) is 52.6 Å². The van der Waals surface area contributed by atoms with Crippen LogP contribution in [0.15, 0.2) is 182 Å². The van der Waals surface area contributed by atoms with Gasteiger partial charge in [0.2, 0.25) is 13.4 Å². The van der Waals surface area contributed by atoms with Crippen molar-refractivity contribution in [1.82, 2.24) is 0 Å². The fourth-order valence-corrected chi connectivity index (χ4v) is 17.3. The Morgan fingerprint density at radius 1 is 0.296 bits per heavy atom. The Hall–Kier alpha value is -9.25. The highest BCUT2D eigenvalue weighted by Gasteiger charge is 2.47. The Morgan fingerprint density at radius 3 is 0.918 bits per heavy atom. The quantitative estimate of drug-likeness (QED) is 0.0864. The van der Waals surface area contributed by atoms with E-state index in [9.17, 15) is 0 Å². The van der Waals surface area contributed by atoms with Crippen molar-refractivity contribution in [3.8, 4) is 66.8 Å². The lowest BCUT2D eigenvalue weighted by Gasteiger charge is -2.37. The summed E-state index contributed by atoms with van der Waals surface area (Å²) in [6.07, 6.45) is 0. The highest BCUT2D eigenvalue weighted by atomic mass is 16.5. The zero-order valence-electron chi connectivity index (χ0n) is 60.5. The first-order chi connectivity index (χ1) is 46.3. The number of carbonyl (C=O) groups is 2. The van der Waals surface area contributed by atoms with Crippen molar-refractivity contribution in [3.63, 3.8) is 0 Å². The van der Waals surface area contributed by atoms with Gasteiger partial charge in [-0.2, -0.15) is 0 Å². The van der Waals surface area contributed by atoms with E-state index in [1.807, 2.05) is 60.7 Å². The number of ether oxygens (including phenoxy) is 2. The van der Waals surface area contributed by atoms with Gasteiger partial charge in [0.1, 0.15) is 13.2 Å². The molecule has 0 spiro atoms. The van der Waals surface area contributed by atoms with Crippen molar-refractivity contribution in [2.75, 3.05) is 0 Å². The smallest absolute Gasteiger partial charge is 0.338 e. The predicted molar refractivity (Wildman–Crippen MR) is 415 cm³/mol. The second-order valence-electron chi connectivity index (χ2n) is 35.0. The summed E-state index contributed by atoms with van der Waals surface area (Å²) in [4.78, 5) is 30.2. The van der Waals surface area contributed by atoms with E-state index in [0.717, 1.165) is 55.6 Å². The molecule has 0 bridgehead atoms. The van der Waals surface area contributed by atoms with Crippen LogP contribution in [0.1, 0.15) is 190 Å². The fraction of sp³-hybridized carbons (Fsp3) is 0.283. The van der Waals surface area contributed by atoms with E-state index in [4.69, 9.17) is 9.47 Å². The summed E-state index contributed by atoms with van der Waals surface area (Å²) in [5, 5.41) is 7.34. The van der Waals surface area contributed by atoms with Crippen molar-refractivity contribution in [2.24, 2.45) is 0 Å². The Labute approximate surface area is 580 Å². The van der Waals surface area contributed by atoms with Crippen LogP contribution >= 0.6 is 0 Å². The Morgan fingerprint density at radius 2 is 0.602 bits per heavy atom. The van der Waals surface area contributed by atoms with Gasteiger partial charge in [0.25, 0.3) is 0 Å². The van der Waals surface area contributed by atoms with Crippen molar-refractivity contribution in [1.29, 1.82) is 0 Å². The van der Waals surface area contributed by atoms with E-state index < -0.39 is 0 Å². The molecule has 16 rings (SSSR count). The molecule has 0 atom stereocenters. The van der Waals surface area contributed by atoms with Gasteiger partial charge in [-0.3, -0.25) is 0 Å². The van der Waals surface area contributed by atoms with E-state index in [1.54, 1.807) is 0 Å². The van der Waals surface area contributed by atoms with Crippen LogP contribution in [0.2, 0.25) is 0 Å². The van der Waals surface area contributed by atoms with Crippen LogP contribution in [-0.2, 0) is 55.2 Å². The molecule has 12 aromatic rings. The van der Waals surface area contributed by atoms with E-state index in [0.29, 0.717) is 11.1 Å². The summed E-state index contributed by atoms with van der Waals surface area (Å²) in [7, 11) is 0. The van der Waals surface area contributed by atoms with Crippen LogP contribution in [0.3, 0.4) is 0 Å². The number of esters is 2. The van der Waals surface area contributed by atoms with Crippen LogP contribution in [0.5, 0.6) is 0 Å². The number of rotatable bonds is 8. The maximum Gasteiger partial charge on any atom is 0.338 e. The monoisotopic (exact) mass is 1280 g/mol. The summed E-state index contributed by atoms with van der Waals surface area (Å²) in [6.45, 7) is 42.9. The van der Waals surface area contributed by atoms with Gasteiger partial charge in [-0.25, -0.2) is 9.59 Å². The van der Waals surface area contributed by atoms with Gasteiger partial charge in [-0.15, -0.1) is 0 Å². The average molecular weight is 1280 g/mol. The molecule has 0 aromatic heterocycles. The van der Waals surface area contributed by atoms with E-state index in [-0.39, 0.29) is 71.1 Å². The molecular weight excluding hydrogens is 1190 g/mol. The third-order valence-electron chi connectivity index (χ3n) is 22.1. The van der Waals surface area contributed by atoms with Crippen LogP contribution in [0.4, 0.5) is 0 Å². The maximum absolute atomic E-state index is 15.1. The molecule has 0 unspecified atom stereocenters. The number of fused-ring (bicyclic) bond motifs is 10. The average Bonchev–Trinajstić information content (AvgIpc) is 1.23. The van der Waals surface area contributed by atoms with Crippen molar-refractivity contribution >= 4 is 90.5 Å². The third-order valence-corrected chi connectivity index (χ3v) is 22.1. The second-order valence-corrected chi connectivity index (χ2v) is 35.0. The first-order valence-corrected chi connectivity index (χ1v) is 35.5. The molecule has 0 N–H and O–H groups in total. The van der Waals surface area contributed by atoms with E-state index in [1.165, 1.54) is 121 Å². The summed E-state index contributed by atoms with van der Waals surface area (Å²) in [5.41, 5.74) is 30.6. The summed E-state index contributed by atoms with van der Waals surface area (Å²) in [6, 6.07) is 67.1. The zero-order chi connectivity index (χ0) is 69.0. The molecule has 4 aliphatic rings. The molecule has 4 nitrogen and oxygen atoms in total. The lowest BCUT2D eigenvalue weighted by atomic mass is 9.34. The molecule has 6 heteroatoms. The number of hydrogen-bond donors (Lipinski definition) is 0. The largest absolute Gasteiger partial charge is 0.457 e. The third kappa shape index (κ3) is 9.83. The number of hydrogen-bond acceptors (Lipinski definition) is 4. The van der Waals surface area contributed by atoms with Gasteiger partial charge >= 0.3 is 11.9 Å². The molecule has 0 fully saturated rings. The van der Waals surface area contributed by atoms with Crippen molar-refractivity contribution in [2.45, 2.75) is 170 Å². The number of carbonyl (C=O) groups excluding carboxylic acids is 2. The molecule has 4 aliphatic heterocycles. The molecule has 0 saturated carbocycles. The van der Waals surface area contributed by atoms with Crippen LogP contribution in [0, 0.1) is 0 Å². The van der Waals surface area contributed by atoms with Crippen molar-refractivity contribution in [3.05, 3.63) is 238 Å². The Kier molecular flexibility index (Phi) is 14.0. The summed E-state index contributed by atoms with van der Waals surface area (Å²) in [5.74, 6) is -0.692. The highest BCUT2D eigenvalue weighted by Crippen LogP contribution is 2.56. The predicted octanol–water partition coefficient (Wildman–Crippen LogP) is 19.4. The van der Waals surface area contributed by atoms with Gasteiger partial charge in [-0.1, -0.05) is 303 Å². The minimum absolute atomic E-state index is 0.137. The molecule has 12 aromatic carbocycles. The maximum atomic E-state index is 15.1. The molecular formula is C92H88B2O4. The van der Waals surface area contributed by atoms with Crippen molar-refractivity contribution < 1.29 is 19.1 Å². The van der Waals surface area contributed by atoms with Gasteiger partial charge < -0.3 is 9.47 Å².